The van der Waals surface area contributed by atoms with Gasteiger partial charge in [-0.05, 0) is 19.9 Å². The number of fused-ring (bicyclic) bond motifs is 2. The molecule has 3 fully saturated rings. The van der Waals surface area contributed by atoms with Crippen LogP contribution in [0, 0.1) is 11.8 Å². The normalized spacial score (nSPS) is 37.2. The number of nitrogens with zero attached hydrogens (tertiary/aromatic N) is 2. The molecule has 0 aromatic carbocycles. The zero-order valence-corrected chi connectivity index (χ0v) is 12.1. The Hall–Kier alpha value is -1.14. The van der Waals surface area contributed by atoms with Crippen molar-refractivity contribution in [3.8, 4) is 0 Å². The summed E-state index contributed by atoms with van der Waals surface area (Å²) in [6, 6.07) is 0. The van der Waals surface area contributed by atoms with Crippen molar-refractivity contribution in [2.24, 2.45) is 11.8 Å². The van der Waals surface area contributed by atoms with Crippen LogP contribution in [0.5, 0.6) is 0 Å². The van der Waals surface area contributed by atoms with Gasteiger partial charge in [0.15, 0.2) is 0 Å². The molecule has 0 spiro atoms. The maximum Gasteiger partial charge on any atom is 0.312 e. The Balaban J connectivity index is 1.74. The van der Waals surface area contributed by atoms with Crippen LogP contribution in [0.3, 0.4) is 0 Å². The Morgan fingerprint density at radius 3 is 2.25 bits per heavy atom. The van der Waals surface area contributed by atoms with E-state index in [0.29, 0.717) is 0 Å². The van der Waals surface area contributed by atoms with Gasteiger partial charge in [-0.15, -0.1) is 0 Å². The fourth-order valence-electron chi connectivity index (χ4n) is 3.66. The lowest BCUT2D eigenvalue weighted by atomic mass is 9.78. The van der Waals surface area contributed by atoms with Crippen LogP contribution in [-0.2, 0) is 19.1 Å². The summed E-state index contributed by atoms with van der Waals surface area (Å²) >= 11 is 0. The molecule has 0 aromatic heterocycles. The number of amides is 1. The van der Waals surface area contributed by atoms with E-state index in [1.54, 1.807) is 0 Å². The number of methoxy groups -OCH3 is 1. The fourth-order valence-corrected chi connectivity index (χ4v) is 3.66. The van der Waals surface area contributed by atoms with Gasteiger partial charge in [-0.3, -0.25) is 9.59 Å². The first-order chi connectivity index (χ1) is 9.61. The summed E-state index contributed by atoms with van der Waals surface area (Å²) in [5, 5.41) is 0. The van der Waals surface area contributed by atoms with Gasteiger partial charge in [0.1, 0.15) is 0 Å². The molecule has 0 aromatic rings. The first kappa shape index (κ1) is 13.8. The number of carbonyl (C=O) groups is 2. The number of hydrogen-bond donors (Lipinski definition) is 0. The topological polar surface area (TPSA) is 59.1 Å². The second-order valence-electron chi connectivity index (χ2n) is 5.99. The van der Waals surface area contributed by atoms with E-state index < -0.39 is 5.92 Å². The molecule has 4 atom stereocenters. The van der Waals surface area contributed by atoms with E-state index in [9.17, 15) is 9.59 Å². The van der Waals surface area contributed by atoms with Crippen LogP contribution in [0.1, 0.15) is 12.8 Å². The predicted octanol–water partition coefficient (Wildman–Crippen LogP) is -0.273. The van der Waals surface area contributed by atoms with Crippen LogP contribution in [0.25, 0.3) is 0 Å². The molecule has 3 aliphatic rings. The molecule has 0 aliphatic carbocycles. The molecule has 3 aliphatic heterocycles. The quantitative estimate of drug-likeness (QED) is 0.652. The Kier molecular flexibility index (Phi) is 3.69. The van der Waals surface area contributed by atoms with Crippen molar-refractivity contribution in [3.05, 3.63) is 0 Å². The molecule has 20 heavy (non-hydrogen) atoms. The first-order valence-corrected chi connectivity index (χ1v) is 7.32. The molecule has 0 saturated carbocycles. The van der Waals surface area contributed by atoms with E-state index in [1.807, 2.05) is 4.90 Å². The average molecular weight is 282 g/mol. The van der Waals surface area contributed by atoms with E-state index in [2.05, 4.69) is 11.9 Å². The molecule has 1 amide bonds. The maximum atomic E-state index is 12.7. The summed E-state index contributed by atoms with van der Waals surface area (Å²) in [6.45, 7) is 3.24. The highest BCUT2D eigenvalue weighted by Crippen LogP contribution is 2.44. The molecule has 0 radical (unpaired) electrons. The number of hydrogen-bond acceptors (Lipinski definition) is 5. The van der Waals surface area contributed by atoms with Crippen LogP contribution >= 0.6 is 0 Å². The number of likely N-dealkylation sites (N-methyl/N-ethyl adjacent to an activating group) is 1. The Morgan fingerprint density at radius 2 is 1.65 bits per heavy atom. The highest BCUT2D eigenvalue weighted by atomic mass is 16.5. The zero-order chi connectivity index (χ0) is 14.3. The highest BCUT2D eigenvalue weighted by Gasteiger charge is 2.56. The summed E-state index contributed by atoms with van der Waals surface area (Å²) in [4.78, 5) is 28.8. The minimum Gasteiger partial charge on any atom is -0.469 e. The molecule has 112 valence electrons. The van der Waals surface area contributed by atoms with E-state index in [-0.39, 0.29) is 30.0 Å². The molecule has 6 nitrogen and oxygen atoms in total. The second-order valence-corrected chi connectivity index (χ2v) is 5.99. The molecule has 6 heteroatoms. The van der Waals surface area contributed by atoms with Gasteiger partial charge in [-0.25, -0.2) is 0 Å². The van der Waals surface area contributed by atoms with Crippen molar-refractivity contribution in [2.45, 2.75) is 25.0 Å². The van der Waals surface area contributed by atoms with Crippen molar-refractivity contribution in [3.63, 3.8) is 0 Å². The van der Waals surface area contributed by atoms with Gasteiger partial charge in [0.2, 0.25) is 5.91 Å². The lowest BCUT2D eigenvalue weighted by molar-refractivity contribution is -0.154. The second kappa shape index (κ2) is 5.33. The van der Waals surface area contributed by atoms with Gasteiger partial charge >= 0.3 is 5.97 Å². The van der Waals surface area contributed by atoms with E-state index >= 15 is 0 Å². The summed E-state index contributed by atoms with van der Waals surface area (Å²) in [6.07, 6.45) is 1.50. The molecule has 0 N–H and O–H groups in total. The third kappa shape index (κ3) is 2.20. The minimum atomic E-state index is -0.411. The number of carbonyl (C=O) groups excluding carboxylic acids is 2. The van der Waals surface area contributed by atoms with Crippen molar-refractivity contribution in [2.75, 3.05) is 40.3 Å². The molecule has 2 unspecified atom stereocenters. The lowest BCUT2D eigenvalue weighted by Gasteiger charge is -2.36. The number of piperazine rings is 1. The first-order valence-electron chi connectivity index (χ1n) is 7.32. The third-order valence-electron chi connectivity index (χ3n) is 4.85. The van der Waals surface area contributed by atoms with Crippen LogP contribution < -0.4 is 0 Å². The van der Waals surface area contributed by atoms with E-state index in [0.717, 1.165) is 39.0 Å². The predicted molar refractivity (Wildman–Crippen MR) is 71.0 cm³/mol. The van der Waals surface area contributed by atoms with Gasteiger partial charge in [0.05, 0.1) is 31.2 Å². The van der Waals surface area contributed by atoms with Crippen LogP contribution in [0.15, 0.2) is 0 Å². The lowest BCUT2D eigenvalue weighted by Crippen LogP contribution is -2.52. The van der Waals surface area contributed by atoms with E-state index in [1.165, 1.54) is 7.11 Å². The number of rotatable bonds is 2. The van der Waals surface area contributed by atoms with Crippen molar-refractivity contribution in [1.29, 1.82) is 0 Å². The third-order valence-corrected chi connectivity index (χ3v) is 4.85. The van der Waals surface area contributed by atoms with E-state index in [4.69, 9.17) is 9.47 Å². The largest absolute Gasteiger partial charge is 0.469 e. The monoisotopic (exact) mass is 282 g/mol. The van der Waals surface area contributed by atoms with Gasteiger partial charge in [0, 0.05) is 26.2 Å². The standard InChI is InChI=1S/C14H22N2O4/c1-15-5-7-16(8-6-15)13(17)11-9-3-4-10(20-9)12(11)14(18)19-2/h9-12H,3-8H2,1-2H3/t9-,10+,11?,12?/m1/s1. The molecular formula is C14H22N2O4. The van der Waals surface area contributed by atoms with Gasteiger partial charge in [-0.2, -0.15) is 0 Å². The summed E-state index contributed by atoms with van der Waals surface area (Å²) in [5.41, 5.74) is 0. The van der Waals surface area contributed by atoms with Crippen LogP contribution in [-0.4, -0.2) is 74.2 Å². The zero-order valence-electron chi connectivity index (χ0n) is 12.1. The molecule has 3 rings (SSSR count). The van der Waals surface area contributed by atoms with Crippen molar-refractivity contribution < 1.29 is 19.1 Å². The van der Waals surface area contributed by atoms with Crippen molar-refractivity contribution in [1.82, 2.24) is 9.80 Å². The highest BCUT2D eigenvalue weighted by molar-refractivity contribution is 5.87. The van der Waals surface area contributed by atoms with Gasteiger partial charge in [0.25, 0.3) is 0 Å². The summed E-state index contributed by atoms with van der Waals surface area (Å²) in [5.74, 6) is -0.985. The Labute approximate surface area is 119 Å². The molecule has 2 bridgehead atoms. The molecule has 3 heterocycles. The maximum absolute atomic E-state index is 12.7. The molecule has 3 saturated heterocycles. The Bertz CT molecular complexity index is 406. The summed E-state index contributed by atoms with van der Waals surface area (Å²) in [7, 11) is 3.44. The van der Waals surface area contributed by atoms with Gasteiger partial charge in [-0.1, -0.05) is 0 Å². The smallest absolute Gasteiger partial charge is 0.312 e. The average Bonchev–Trinajstić information content (AvgIpc) is 3.07. The summed E-state index contributed by atoms with van der Waals surface area (Å²) < 4.78 is 10.7. The van der Waals surface area contributed by atoms with Crippen LogP contribution in [0.2, 0.25) is 0 Å². The van der Waals surface area contributed by atoms with Crippen LogP contribution in [0.4, 0.5) is 0 Å². The SMILES string of the molecule is COC(=O)C1C(C(=O)N2CCN(C)CC2)[C@H]2CC[C@@H]1O2. The van der Waals surface area contributed by atoms with Crippen molar-refractivity contribution >= 4 is 11.9 Å². The molecular weight excluding hydrogens is 260 g/mol. The number of ether oxygens (including phenoxy) is 2. The van der Waals surface area contributed by atoms with Gasteiger partial charge < -0.3 is 19.3 Å². The number of esters is 1. The Morgan fingerprint density at radius 1 is 1.05 bits per heavy atom. The minimum absolute atomic E-state index is 0.0701. The fraction of sp³-hybridized carbons (Fsp3) is 0.857.